The number of pyridine rings is 1. The number of carbonyl (C=O) groups excluding carboxylic acids is 1. The Hall–Kier alpha value is -2.01. The summed E-state index contributed by atoms with van der Waals surface area (Å²) in [5, 5.41) is 2.97. The molecule has 25 heavy (non-hydrogen) atoms. The van der Waals surface area contributed by atoms with Gasteiger partial charge >= 0.3 is 0 Å². The van der Waals surface area contributed by atoms with Gasteiger partial charge < -0.3 is 10.1 Å². The van der Waals surface area contributed by atoms with Crippen molar-refractivity contribution in [2.45, 2.75) is 50.2 Å². The van der Waals surface area contributed by atoms with Gasteiger partial charge in [0.25, 0.3) is 0 Å². The first-order chi connectivity index (χ1) is 12.2. The maximum absolute atomic E-state index is 12.2. The number of benzene rings is 1. The van der Waals surface area contributed by atoms with Crippen LogP contribution in [-0.2, 0) is 11.3 Å². The highest BCUT2D eigenvalue weighted by atomic mass is 32.2. The van der Waals surface area contributed by atoms with E-state index in [0.29, 0.717) is 18.2 Å². The average Bonchev–Trinajstić information content (AvgIpc) is 3.13. The van der Waals surface area contributed by atoms with Gasteiger partial charge in [0.2, 0.25) is 11.8 Å². The van der Waals surface area contributed by atoms with Gasteiger partial charge in [-0.05, 0) is 50.3 Å². The van der Waals surface area contributed by atoms with Crippen LogP contribution in [0.1, 0.15) is 36.8 Å². The first-order valence-electron chi connectivity index (χ1n) is 8.78. The van der Waals surface area contributed by atoms with Crippen LogP contribution in [0, 0.1) is 6.92 Å². The molecule has 1 fully saturated rings. The van der Waals surface area contributed by atoms with Gasteiger partial charge in [0.05, 0.1) is 5.75 Å². The number of amides is 1. The summed E-state index contributed by atoms with van der Waals surface area (Å²) in [6.07, 6.45) is 6.63. The monoisotopic (exact) mass is 356 g/mol. The first-order valence-corrected chi connectivity index (χ1v) is 9.76. The zero-order valence-corrected chi connectivity index (χ0v) is 15.3. The second kappa shape index (κ2) is 8.90. The van der Waals surface area contributed by atoms with E-state index < -0.39 is 0 Å². The smallest absolute Gasteiger partial charge is 0.230 e. The third-order valence-electron chi connectivity index (χ3n) is 4.36. The Morgan fingerprint density at radius 3 is 2.84 bits per heavy atom. The van der Waals surface area contributed by atoms with E-state index in [9.17, 15) is 4.79 Å². The standard InChI is InChI=1S/C20H24N2O2S/c1-15-7-2-5-11-18(15)25-14-19(23)22-13-16-8-6-12-21-20(16)24-17-9-3-4-10-17/h2,5-8,11-12,17H,3-4,9-10,13-14H2,1H3,(H,22,23). The van der Waals surface area contributed by atoms with E-state index in [4.69, 9.17) is 4.74 Å². The maximum Gasteiger partial charge on any atom is 0.230 e. The van der Waals surface area contributed by atoms with Crippen molar-refractivity contribution in [1.29, 1.82) is 0 Å². The molecule has 1 saturated carbocycles. The van der Waals surface area contributed by atoms with Crippen LogP contribution in [0.25, 0.3) is 0 Å². The molecule has 1 amide bonds. The minimum absolute atomic E-state index is 0.0175. The van der Waals surface area contributed by atoms with E-state index >= 15 is 0 Å². The minimum atomic E-state index is 0.0175. The molecule has 1 aromatic carbocycles. The topological polar surface area (TPSA) is 51.2 Å². The van der Waals surface area contributed by atoms with E-state index in [2.05, 4.69) is 23.3 Å². The summed E-state index contributed by atoms with van der Waals surface area (Å²) < 4.78 is 6.02. The molecule has 0 radical (unpaired) electrons. The summed E-state index contributed by atoms with van der Waals surface area (Å²) >= 11 is 1.56. The van der Waals surface area contributed by atoms with Gasteiger partial charge in [0.15, 0.2) is 0 Å². The van der Waals surface area contributed by atoms with Gasteiger partial charge in [-0.3, -0.25) is 4.79 Å². The summed E-state index contributed by atoms with van der Waals surface area (Å²) in [6.45, 7) is 2.51. The molecule has 1 aliphatic carbocycles. The molecular formula is C20H24N2O2S. The number of hydrogen-bond donors (Lipinski definition) is 1. The Kier molecular flexibility index (Phi) is 6.34. The molecule has 1 aliphatic rings. The summed E-state index contributed by atoms with van der Waals surface area (Å²) in [5.74, 6) is 1.08. The van der Waals surface area contributed by atoms with Crippen LogP contribution >= 0.6 is 11.8 Å². The summed E-state index contributed by atoms with van der Waals surface area (Å²) in [5.41, 5.74) is 2.13. The molecule has 132 valence electrons. The van der Waals surface area contributed by atoms with Crippen LogP contribution in [0.2, 0.25) is 0 Å². The van der Waals surface area contributed by atoms with E-state index in [0.717, 1.165) is 23.3 Å². The molecule has 1 heterocycles. The van der Waals surface area contributed by atoms with Gasteiger partial charge in [-0.25, -0.2) is 4.98 Å². The van der Waals surface area contributed by atoms with Crippen LogP contribution in [-0.4, -0.2) is 22.7 Å². The van der Waals surface area contributed by atoms with Crippen LogP contribution in [0.5, 0.6) is 5.88 Å². The van der Waals surface area contributed by atoms with E-state index in [-0.39, 0.29) is 12.0 Å². The van der Waals surface area contributed by atoms with E-state index in [1.807, 2.05) is 30.3 Å². The Balaban J connectivity index is 1.51. The Morgan fingerprint density at radius 2 is 2.04 bits per heavy atom. The quantitative estimate of drug-likeness (QED) is 0.758. The molecule has 0 atom stereocenters. The lowest BCUT2D eigenvalue weighted by atomic mass is 10.2. The number of nitrogens with zero attached hydrogens (tertiary/aromatic N) is 1. The van der Waals surface area contributed by atoms with Gasteiger partial charge in [0.1, 0.15) is 6.10 Å². The lowest BCUT2D eigenvalue weighted by Crippen LogP contribution is -2.25. The van der Waals surface area contributed by atoms with Crippen molar-refractivity contribution in [1.82, 2.24) is 10.3 Å². The van der Waals surface area contributed by atoms with Gasteiger partial charge in [0, 0.05) is 23.2 Å². The molecule has 2 aromatic rings. The largest absolute Gasteiger partial charge is 0.474 e. The van der Waals surface area contributed by atoms with Gasteiger partial charge in [-0.2, -0.15) is 0 Å². The predicted octanol–water partition coefficient (Wildman–Crippen LogP) is 4.12. The fourth-order valence-corrected chi connectivity index (χ4v) is 3.79. The third-order valence-corrected chi connectivity index (χ3v) is 5.53. The first kappa shape index (κ1) is 17.8. The molecule has 0 bridgehead atoms. The van der Waals surface area contributed by atoms with Crippen molar-refractivity contribution >= 4 is 17.7 Å². The minimum Gasteiger partial charge on any atom is -0.474 e. The van der Waals surface area contributed by atoms with Gasteiger partial charge in [-0.15, -0.1) is 11.8 Å². The highest BCUT2D eigenvalue weighted by Crippen LogP contribution is 2.25. The van der Waals surface area contributed by atoms with Crippen LogP contribution in [0.15, 0.2) is 47.5 Å². The van der Waals surface area contributed by atoms with Crippen LogP contribution in [0.3, 0.4) is 0 Å². The fourth-order valence-electron chi connectivity index (χ4n) is 2.94. The zero-order valence-electron chi connectivity index (χ0n) is 14.5. The normalized spacial score (nSPS) is 14.4. The number of aromatic nitrogens is 1. The molecule has 0 spiro atoms. The SMILES string of the molecule is Cc1ccccc1SCC(=O)NCc1cccnc1OC1CCCC1. The zero-order chi connectivity index (χ0) is 17.5. The number of carbonyl (C=O) groups is 1. The number of hydrogen-bond acceptors (Lipinski definition) is 4. The van der Waals surface area contributed by atoms with Crippen molar-refractivity contribution in [2.75, 3.05) is 5.75 Å². The molecule has 0 aliphatic heterocycles. The van der Waals surface area contributed by atoms with Crippen molar-refractivity contribution in [3.63, 3.8) is 0 Å². The molecule has 4 nitrogen and oxygen atoms in total. The third kappa shape index (κ3) is 5.23. The number of rotatable bonds is 7. The Morgan fingerprint density at radius 1 is 1.24 bits per heavy atom. The van der Waals surface area contributed by atoms with E-state index in [1.54, 1.807) is 18.0 Å². The van der Waals surface area contributed by atoms with Crippen molar-refractivity contribution in [3.8, 4) is 5.88 Å². The molecule has 0 unspecified atom stereocenters. The Labute approximate surface area is 153 Å². The van der Waals surface area contributed by atoms with Crippen molar-refractivity contribution < 1.29 is 9.53 Å². The van der Waals surface area contributed by atoms with Crippen molar-refractivity contribution in [3.05, 3.63) is 53.7 Å². The van der Waals surface area contributed by atoms with Crippen molar-refractivity contribution in [2.24, 2.45) is 0 Å². The second-order valence-corrected chi connectivity index (χ2v) is 7.34. The number of thioether (sulfide) groups is 1. The maximum atomic E-state index is 12.2. The lowest BCUT2D eigenvalue weighted by Gasteiger charge is -2.15. The highest BCUT2D eigenvalue weighted by molar-refractivity contribution is 8.00. The Bertz CT molecular complexity index is 714. The number of ether oxygens (including phenoxy) is 1. The molecule has 1 N–H and O–H groups in total. The fraction of sp³-hybridized carbons (Fsp3) is 0.400. The molecule has 0 saturated heterocycles. The highest BCUT2D eigenvalue weighted by Gasteiger charge is 2.18. The second-order valence-electron chi connectivity index (χ2n) is 6.32. The van der Waals surface area contributed by atoms with Gasteiger partial charge in [-0.1, -0.05) is 24.3 Å². The predicted molar refractivity (Wildman–Crippen MR) is 101 cm³/mol. The van der Waals surface area contributed by atoms with E-state index in [1.165, 1.54) is 18.4 Å². The molecule has 3 rings (SSSR count). The number of aryl methyl sites for hydroxylation is 1. The lowest BCUT2D eigenvalue weighted by molar-refractivity contribution is -0.118. The molecule has 1 aromatic heterocycles. The average molecular weight is 356 g/mol. The number of nitrogens with one attached hydrogen (secondary N) is 1. The summed E-state index contributed by atoms with van der Waals surface area (Å²) in [6, 6.07) is 11.9. The summed E-state index contributed by atoms with van der Waals surface area (Å²) in [4.78, 5) is 17.7. The van der Waals surface area contributed by atoms with Crippen LogP contribution in [0.4, 0.5) is 0 Å². The summed E-state index contributed by atoms with van der Waals surface area (Å²) in [7, 11) is 0. The molecular weight excluding hydrogens is 332 g/mol. The molecule has 5 heteroatoms. The van der Waals surface area contributed by atoms with Crippen LogP contribution < -0.4 is 10.1 Å².